The van der Waals surface area contributed by atoms with Gasteiger partial charge in [-0.15, -0.1) is 0 Å². The highest BCUT2D eigenvalue weighted by Gasteiger charge is 2.08. The van der Waals surface area contributed by atoms with E-state index in [4.69, 9.17) is 9.47 Å². The Kier molecular flexibility index (Phi) is 8.41. The Morgan fingerprint density at radius 2 is 1.95 bits per heavy atom. The number of hydrogen-bond donors (Lipinski definition) is 1. The van der Waals surface area contributed by atoms with Gasteiger partial charge < -0.3 is 19.5 Å². The number of aliphatic hydroxyl groups is 1. The Balaban J connectivity index is 2.08. The lowest BCUT2D eigenvalue weighted by atomic mass is 10.2. The highest BCUT2D eigenvalue weighted by molar-refractivity contribution is 5.13. The van der Waals surface area contributed by atoms with Crippen molar-refractivity contribution in [3.8, 4) is 0 Å². The van der Waals surface area contributed by atoms with Crippen LogP contribution in [0.15, 0.2) is 30.3 Å². The van der Waals surface area contributed by atoms with E-state index in [0.29, 0.717) is 26.4 Å². The average Bonchev–Trinajstić information content (AvgIpc) is 2.40. The van der Waals surface area contributed by atoms with Crippen molar-refractivity contribution in [1.82, 2.24) is 4.90 Å². The van der Waals surface area contributed by atoms with Gasteiger partial charge in [0.25, 0.3) is 0 Å². The zero-order valence-corrected chi connectivity index (χ0v) is 11.9. The number of benzene rings is 1. The monoisotopic (exact) mass is 267 g/mol. The molecule has 1 aromatic carbocycles. The maximum absolute atomic E-state index is 9.85. The fourth-order valence-corrected chi connectivity index (χ4v) is 1.76. The lowest BCUT2D eigenvalue weighted by Crippen LogP contribution is -2.34. The zero-order valence-electron chi connectivity index (χ0n) is 11.9. The van der Waals surface area contributed by atoms with Crippen molar-refractivity contribution < 1.29 is 14.6 Å². The molecule has 0 aliphatic rings. The SMILES string of the molecule is CCOCCN(C)CC(O)COCc1ccccc1. The molecule has 0 aliphatic carbocycles. The van der Waals surface area contributed by atoms with E-state index >= 15 is 0 Å². The second kappa shape index (κ2) is 9.92. The molecule has 0 radical (unpaired) electrons. The molecule has 0 saturated heterocycles. The van der Waals surface area contributed by atoms with E-state index in [1.54, 1.807) is 0 Å². The van der Waals surface area contributed by atoms with Gasteiger partial charge in [0.15, 0.2) is 0 Å². The Morgan fingerprint density at radius 3 is 2.63 bits per heavy atom. The van der Waals surface area contributed by atoms with Crippen molar-refractivity contribution in [3.63, 3.8) is 0 Å². The molecule has 19 heavy (non-hydrogen) atoms. The fraction of sp³-hybridized carbons (Fsp3) is 0.600. The molecule has 0 saturated carbocycles. The van der Waals surface area contributed by atoms with Crippen molar-refractivity contribution in [1.29, 1.82) is 0 Å². The molecule has 1 rings (SSSR count). The number of rotatable bonds is 10. The molecule has 0 bridgehead atoms. The van der Waals surface area contributed by atoms with Crippen LogP contribution in [0.3, 0.4) is 0 Å². The minimum absolute atomic E-state index is 0.355. The van der Waals surface area contributed by atoms with Gasteiger partial charge in [0, 0.05) is 19.7 Å². The smallest absolute Gasteiger partial charge is 0.0900 e. The number of nitrogens with zero attached hydrogens (tertiary/aromatic N) is 1. The van der Waals surface area contributed by atoms with Gasteiger partial charge in [0.1, 0.15) is 0 Å². The van der Waals surface area contributed by atoms with Crippen molar-refractivity contribution >= 4 is 0 Å². The van der Waals surface area contributed by atoms with E-state index in [1.807, 2.05) is 49.2 Å². The Morgan fingerprint density at radius 1 is 1.21 bits per heavy atom. The summed E-state index contributed by atoms with van der Waals surface area (Å²) in [6, 6.07) is 9.97. The van der Waals surface area contributed by atoms with Gasteiger partial charge in [-0.3, -0.25) is 0 Å². The third-order valence-corrected chi connectivity index (χ3v) is 2.77. The Hall–Kier alpha value is -0.940. The largest absolute Gasteiger partial charge is 0.389 e. The average molecular weight is 267 g/mol. The molecule has 108 valence electrons. The van der Waals surface area contributed by atoms with Crippen LogP contribution in [0.5, 0.6) is 0 Å². The molecule has 0 heterocycles. The molecule has 0 fully saturated rings. The summed E-state index contributed by atoms with van der Waals surface area (Å²) in [5.74, 6) is 0. The van der Waals surface area contributed by atoms with Gasteiger partial charge in [0.05, 0.1) is 25.9 Å². The molecular formula is C15H25NO3. The third-order valence-electron chi connectivity index (χ3n) is 2.77. The lowest BCUT2D eigenvalue weighted by Gasteiger charge is -2.20. The second-order valence-electron chi connectivity index (χ2n) is 4.61. The third kappa shape index (κ3) is 7.95. The van der Waals surface area contributed by atoms with Crippen molar-refractivity contribution in [2.24, 2.45) is 0 Å². The van der Waals surface area contributed by atoms with Crippen molar-refractivity contribution in [2.45, 2.75) is 19.6 Å². The summed E-state index contributed by atoms with van der Waals surface area (Å²) in [5, 5.41) is 9.85. The quantitative estimate of drug-likeness (QED) is 0.653. The first-order chi connectivity index (χ1) is 9.22. The number of hydrogen-bond acceptors (Lipinski definition) is 4. The van der Waals surface area contributed by atoms with Crippen LogP contribution in [0.1, 0.15) is 12.5 Å². The van der Waals surface area contributed by atoms with E-state index in [0.717, 1.165) is 18.7 Å². The molecular weight excluding hydrogens is 242 g/mol. The first-order valence-corrected chi connectivity index (χ1v) is 6.78. The van der Waals surface area contributed by atoms with Gasteiger partial charge >= 0.3 is 0 Å². The molecule has 4 nitrogen and oxygen atoms in total. The van der Waals surface area contributed by atoms with Crippen LogP contribution in [0.2, 0.25) is 0 Å². The predicted molar refractivity (Wildman–Crippen MR) is 76.1 cm³/mol. The maximum atomic E-state index is 9.85. The van der Waals surface area contributed by atoms with Gasteiger partial charge in [-0.2, -0.15) is 0 Å². The van der Waals surface area contributed by atoms with Gasteiger partial charge in [-0.05, 0) is 19.5 Å². The molecule has 0 aliphatic heterocycles. The van der Waals surface area contributed by atoms with Gasteiger partial charge in [0.2, 0.25) is 0 Å². The topological polar surface area (TPSA) is 41.9 Å². The maximum Gasteiger partial charge on any atom is 0.0900 e. The first-order valence-electron chi connectivity index (χ1n) is 6.78. The van der Waals surface area contributed by atoms with Crippen LogP contribution >= 0.6 is 0 Å². The summed E-state index contributed by atoms with van der Waals surface area (Å²) in [7, 11) is 1.97. The Labute approximate surface area is 115 Å². The van der Waals surface area contributed by atoms with Crippen LogP contribution in [0.4, 0.5) is 0 Å². The number of ether oxygens (including phenoxy) is 2. The normalized spacial score (nSPS) is 12.8. The summed E-state index contributed by atoms with van der Waals surface area (Å²) in [4.78, 5) is 2.05. The molecule has 1 aromatic rings. The summed E-state index contributed by atoms with van der Waals surface area (Å²) >= 11 is 0. The van der Waals surface area contributed by atoms with E-state index in [1.165, 1.54) is 0 Å². The molecule has 0 aromatic heterocycles. The number of aliphatic hydroxyl groups excluding tert-OH is 1. The molecule has 1 N–H and O–H groups in total. The highest BCUT2D eigenvalue weighted by atomic mass is 16.5. The molecule has 0 spiro atoms. The van der Waals surface area contributed by atoms with Crippen LogP contribution < -0.4 is 0 Å². The van der Waals surface area contributed by atoms with E-state index in [9.17, 15) is 5.11 Å². The van der Waals surface area contributed by atoms with Crippen molar-refractivity contribution in [3.05, 3.63) is 35.9 Å². The van der Waals surface area contributed by atoms with Crippen LogP contribution in [-0.4, -0.2) is 56.1 Å². The molecule has 0 amide bonds. The predicted octanol–water partition coefficient (Wildman–Crippen LogP) is 1.53. The second-order valence-corrected chi connectivity index (χ2v) is 4.61. The molecule has 1 unspecified atom stereocenters. The molecule has 4 heteroatoms. The lowest BCUT2D eigenvalue weighted by molar-refractivity contribution is 0.00968. The van der Waals surface area contributed by atoms with E-state index < -0.39 is 6.10 Å². The zero-order chi connectivity index (χ0) is 13.9. The van der Waals surface area contributed by atoms with Crippen LogP contribution in [0, 0.1) is 0 Å². The van der Waals surface area contributed by atoms with E-state index in [-0.39, 0.29) is 0 Å². The number of likely N-dealkylation sites (N-methyl/N-ethyl adjacent to an activating group) is 1. The standard InChI is InChI=1S/C15H25NO3/c1-3-18-10-9-16(2)11-15(17)13-19-12-14-7-5-4-6-8-14/h4-8,15,17H,3,9-13H2,1-2H3. The summed E-state index contributed by atoms with van der Waals surface area (Å²) < 4.78 is 10.8. The first kappa shape index (κ1) is 16.1. The minimum Gasteiger partial charge on any atom is -0.389 e. The van der Waals surface area contributed by atoms with Crippen LogP contribution in [0.25, 0.3) is 0 Å². The van der Waals surface area contributed by atoms with Gasteiger partial charge in [-0.1, -0.05) is 30.3 Å². The van der Waals surface area contributed by atoms with Crippen LogP contribution in [-0.2, 0) is 16.1 Å². The summed E-state index contributed by atoms with van der Waals surface area (Å²) in [6.07, 6.45) is -0.463. The minimum atomic E-state index is -0.463. The molecule has 1 atom stereocenters. The van der Waals surface area contributed by atoms with Crippen molar-refractivity contribution in [2.75, 3.05) is 40.0 Å². The van der Waals surface area contributed by atoms with E-state index in [2.05, 4.69) is 0 Å². The van der Waals surface area contributed by atoms with Gasteiger partial charge in [-0.25, -0.2) is 0 Å². The highest BCUT2D eigenvalue weighted by Crippen LogP contribution is 2.01. The Bertz CT molecular complexity index is 318. The summed E-state index contributed by atoms with van der Waals surface area (Å²) in [6.45, 7) is 5.73. The summed E-state index contributed by atoms with van der Waals surface area (Å²) in [5.41, 5.74) is 1.12. The fourth-order valence-electron chi connectivity index (χ4n) is 1.76.